The van der Waals surface area contributed by atoms with E-state index in [4.69, 9.17) is 4.74 Å². The Labute approximate surface area is 166 Å². The number of para-hydroxylation sites is 1. The summed E-state index contributed by atoms with van der Waals surface area (Å²) < 4.78 is 5.13. The highest BCUT2D eigenvalue weighted by Gasteiger charge is 2.38. The van der Waals surface area contributed by atoms with Crippen LogP contribution in [0, 0.1) is 21.4 Å². The third-order valence-electron chi connectivity index (χ3n) is 4.01. The van der Waals surface area contributed by atoms with Crippen LogP contribution >= 0.6 is 11.8 Å². The van der Waals surface area contributed by atoms with Crippen LogP contribution in [0.5, 0.6) is 0 Å². The number of nitro groups is 1. The van der Waals surface area contributed by atoms with E-state index < -0.39 is 16.8 Å². The Morgan fingerprint density at radius 1 is 1.39 bits per heavy atom. The van der Waals surface area contributed by atoms with Crippen LogP contribution in [-0.4, -0.2) is 29.0 Å². The van der Waals surface area contributed by atoms with Gasteiger partial charge < -0.3 is 10.1 Å². The van der Waals surface area contributed by atoms with Crippen LogP contribution in [0.2, 0.25) is 0 Å². The van der Waals surface area contributed by atoms with Crippen LogP contribution in [0.25, 0.3) is 0 Å². The molecule has 1 heterocycles. The van der Waals surface area contributed by atoms with Crippen LogP contribution in [0.15, 0.2) is 46.1 Å². The maximum atomic E-state index is 12.6. The molecule has 2 rings (SSSR count). The first-order valence-corrected chi connectivity index (χ1v) is 9.45. The summed E-state index contributed by atoms with van der Waals surface area (Å²) in [6.07, 6.45) is 0. The fourth-order valence-electron chi connectivity index (χ4n) is 2.89. The number of carbonyl (C=O) groups is 2. The summed E-state index contributed by atoms with van der Waals surface area (Å²) in [7, 11) is 0. The lowest BCUT2D eigenvalue weighted by Gasteiger charge is -2.29. The summed E-state index contributed by atoms with van der Waals surface area (Å²) in [6, 6.07) is 8.04. The van der Waals surface area contributed by atoms with E-state index in [1.807, 2.05) is 0 Å². The van der Waals surface area contributed by atoms with Crippen molar-refractivity contribution in [2.75, 3.05) is 12.4 Å². The smallest absolute Gasteiger partial charge is 0.336 e. The van der Waals surface area contributed by atoms with E-state index in [0.29, 0.717) is 10.7 Å². The van der Waals surface area contributed by atoms with Crippen molar-refractivity contribution in [3.05, 3.63) is 61.8 Å². The number of ketones is 1. The number of benzene rings is 1. The third-order valence-corrected chi connectivity index (χ3v) is 5.17. The van der Waals surface area contributed by atoms with Crippen LogP contribution in [0.1, 0.15) is 32.3 Å². The minimum Gasteiger partial charge on any atom is -0.463 e. The quantitative estimate of drug-likeness (QED) is 0.420. The minimum atomic E-state index is -0.971. The Kier molecular flexibility index (Phi) is 6.95. The van der Waals surface area contributed by atoms with Gasteiger partial charge in [0.1, 0.15) is 5.78 Å². The highest BCUT2D eigenvalue weighted by molar-refractivity contribution is 8.03. The molecule has 8 nitrogen and oxygen atoms in total. The third kappa shape index (κ3) is 4.40. The number of nitrogens with zero attached hydrogens (tertiary/aromatic N) is 2. The predicted octanol–water partition coefficient (Wildman–Crippen LogP) is 3.18. The number of ether oxygens (including phenoxy) is 1. The average Bonchev–Trinajstić information content (AvgIpc) is 2.65. The van der Waals surface area contributed by atoms with Gasteiger partial charge in [-0.05, 0) is 20.8 Å². The van der Waals surface area contributed by atoms with E-state index in [2.05, 4.69) is 11.4 Å². The van der Waals surface area contributed by atoms with Crippen molar-refractivity contribution in [3.8, 4) is 6.07 Å². The SMILES string of the molecule is CCOC(=O)C1=C(C)NC(SCC(C)=O)=C(C#N)[C@H]1c1ccccc1[N+](=O)[O-]. The molecule has 1 aromatic rings. The van der Waals surface area contributed by atoms with Gasteiger partial charge in [0.05, 0.1) is 45.4 Å². The van der Waals surface area contributed by atoms with Gasteiger partial charge in [-0.2, -0.15) is 5.26 Å². The molecule has 146 valence electrons. The number of Topliss-reactive ketones (excluding diaryl/α,β-unsaturated/α-hetero) is 1. The zero-order chi connectivity index (χ0) is 20.8. The summed E-state index contributed by atoms with van der Waals surface area (Å²) in [5.74, 6) is -1.59. The molecule has 1 aromatic carbocycles. The minimum absolute atomic E-state index is 0.0864. The number of thioether (sulfide) groups is 1. The molecule has 1 aliphatic heterocycles. The molecule has 9 heteroatoms. The van der Waals surface area contributed by atoms with E-state index in [9.17, 15) is 25.0 Å². The zero-order valence-corrected chi connectivity index (χ0v) is 16.5. The number of rotatable bonds is 7. The topological polar surface area (TPSA) is 122 Å². The van der Waals surface area contributed by atoms with E-state index in [0.717, 1.165) is 11.8 Å². The first-order valence-electron chi connectivity index (χ1n) is 8.46. The van der Waals surface area contributed by atoms with Crippen molar-refractivity contribution < 1.29 is 19.2 Å². The first-order chi connectivity index (χ1) is 13.3. The number of carbonyl (C=O) groups excluding carboxylic acids is 2. The number of nitrogens with one attached hydrogen (secondary N) is 1. The largest absolute Gasteiger partial charge is 0.463 e. The van der Waals surface area contributed by atoms with Crippen molar-refractivity contribution in [1.82, 2.24) is 5.32 Å². The molecule has 1 N–H and O–H groups in total. The molecule has 28 heavy (non-hydrogen) atoms. The normalized spacial score (nSPS) is 16.3. The standard InChI is InChI=1S/C19H19N3O5S/c1-4-27-19(24)16-12(3)21-18(28-10-11(2)23)14(9-20)17(16)13-7-5-6-8-15(13)22(25)26/h5-8,17,21H,4,10H2,1-3H3/t17-/m1/s1. The van der Waals surface area contributed by atoms with Gasteiger partial charge in [0.25, 0.3) is 5.69 Å². The molecule has 0 unspecified atom stereocenters. The van der Waals surface area contributed by atoms with Gasteiger partial charge >= 0.3 is 5.97 Å². The van der Waals surface area contributed by atoms with Gasteiger partial charge in [0, 0.05) is 17.3 Å². The van der Waals surface area contributed by atoms with E-state index >= 15 is 0 Å². The average molecular weight is 401 g/mol. The molecule has 0 saturated heterocycles. The molecule has 0 aliphatic carbocycles. The van der Waals surface area contributed by atoms with Crippen LogP contribution in [-0.2, 0) is 14.3 Å². The molecule has 0 saturated carbocycles. The van der Waals surface area contributed by atoms with E-state index in [1.165, 1.54) is 25.1 Å². The second-order valence-electron chi connectivity index (χ2n) is 5.98. The highest BCUT2D eigenvalue weighted by atomic mass is 32.2. The lowest BCUT2D eigenvalue weighted by Crippen LogP contribution is -2.29. The number of hydrogen-bond donors (Lipinski definition) is 1. The van der Waals surface area contributed by atoms with Gasteiger partial charge in [0.2, 0.25) is 0 Å². The molecule has 0 fully saturated rings. The number of nitro benzene ring substituents is 1. The number of nitriles is 1. The fraction of sp³-hybridized carbons (Fsp3) is 0.316. The molecule has 1 aliphatic rings. The van der Waals surface area contributed by atoms with Crippen LogP contribution in [0.3, 0.4) is 0 Å². The Balaban J connectivity index is 2.71. The van der Waals surface area contributed by atoms with Gasteiger partial charge in [-0.15, -0.1) is 0 Å². The molecule has 0 radical (unpaired) electrons. The first kappa shape index (κ1) is 21.2. The molecular formula is C19H19N3O5S. The Morgan fingerprint density at radius 3 is 2.64 bits per heavy atom. The lowest BCUT2D eigenvalue weighted by atomic mass is 9.82. The highest BCUT2D eigenvalue weighted by Crippen LogP contribution is 2.43. The summed E-state index contributed by atoms with van der Waals surface area (Å²) in [5.41, 5.74) is 0.710. The molecule has 0 bridgehead atoms. The second kappa shape index (κ2) is 9.19. The maximum Gasteiger partial charge on any atom is 0.336 e. The van der Waals surface area contributed by atoms with Crippen molar-refractivity contribution in [2.45, 2.75) is 26.7 Å². The van der Waals surface area contributed by atoms with E-state index in [-0.39, 0.29) is 40.5 Å². The number of allylic oxidation sites excluding steroid dienone is 2. The molecule has 0 amide bonds. The van der Waals surface area contributed by atoms with Crippen LogP contribution < -0.4 is 5.32 Å². The molecular weight excluding hydrogens is 382 g/mol. The Morgan fingerprint density at radius 2 is 2.07 bits per heavy atom. The molecule has 0 aromatic heterocycles. The summed E-state index contributed by atoms with van der Waals surface area (Å²) in [5, 5.41) is 24.7. The Hall–Kier alpha value is -3.12. The summed E-state index contributed by atoms with van der Waals surface area (Å²) in [4.78, 5) is 35.0. The number of dihydropyridines is 1. The second-order valence-corrected chi connectivity index (χ2v) is 6.96. The monoisotopic (exact) mass is 401 g/mol. The molecule has 1 atom stereocenters. The predicted molar refractivity (Wildman–Crippen MR) is 104 cm³/mol. The lowest BCUT2D eigenvalue weighted by molar-refractivity contribution is -0.385. The summed E-state index contributed by atoms with van der Waals surface area (Å²) >= 11 is 1.12. The fourth-order valence-corrected chi connectivity index (χ4v) is 3.78. The Bertz CT molecular complexity index is 930. The van der Waals surface area contributed by atoms with Crippen molar-refractivity contribution in [3.63, 3.8) is 0 Å². The zero-order valence-electron chi connectivity index (χ0n) is 15.6. The van der Waals surface area contributed by atoms with Gasteiger partial charge in [-0.1, -0.05) is 30.0 Å². The van der Waals surface area contributed by atoms with E-state index in [1.54, 1.807) is 19.9 Å². The van der Waals surface area contributed by atoms with Gasteiger partial charge in [-0.3, -0.25) is 14.9 Å². The summed E-state index contributed by atoms with van der Waals surface area (Å²) in [6.45, 7) is 4.83. The molecule has 0 spiro atoms. The maximum absolute atomic E-state index is 12.6. The van der Waals surface area contributed by atoms with Crippen molar-refractivity contribution >= 4 is 29.2 Å². The number of hydrogen-bond acceptors (Lipinski definition) is 8. The van der Waals surface area contributed by atoms with Crippen molar-refractivity contribution in [1.29, 1.82) is 5.26 Å². The van der Waals surface area contributed by atoms with Gasteiger partial charge in [0.15, 0.2) is 0 Å². The van der Waals surface area contributed by atoms with Crippen LogP contribution in [0.4, 0.5) is 5.69 Å². The van der Waals surface area contributed by atoms with Crippen molar-refractivity contribution in [2.24, 2.45) is 0 Å². The number of esters is 1. The van der Waals surface area contributed by atoms with Gasteiger partial charge in [-0.25, -0.2) is 4.79 Å².